The van der Waals surface area contributed by atoms with Crippen LogP contribution in [0.25, 0.3) is 0 Å². The first-order valence-electron chi connectivity index (χ1n) is 8.29. The van der Waals surface area contributed by atoms with E-state index in [0.29, 0.717) is 16.6 Å². The van der Waals surface area contributed by atoms with Gasteiger partial charge in [0.1, 0.15) is 0 Å². The molecule has 2 aromatic rings. The van der Waals surface area contributed by atoms with Crippen molar-refractivity contribution in [2.75, 3.05) is 20.1 Å². The molecule has 1 unspecified atom stereocenters. The summed E-state index contributed by atoms with van der Waals surface area (Å²) in [7, 11) is 3.72. The third-order valence-electron chi connectivity index (χ3n) is 5.03. The van der Waals surface area contributed by atoms with E-state index >= 15 is 0 Å². The zero-order chi connectivity index (χ0) is 18.1. The molecule has 1 aliphatic heterocycles. The van der Waals surface area contributed by atoms with Crippen molar-refractivity contribution in [1.29, 1.82) is 0 Å². The van der Waals surface area contributed by atoms with Gasteiger partial charge in [-0.1, -0.05) is 29.3 Å². The highest BCUT2D eigenvalue weighted by atomic mass is 35.5. The summed E-state index contributed by atoms with van der Waals surface area (Å²) in [5.74, 6) is 0.136. The molecule has 1 N–H and O–H groups in total. The number of halogens is 3. The Morgan fingerprint density at radius 3 is 2.73 bits per heavy atom. The maximum Gasteiger partial charge on any atom is 0.227 e. The van der Waals surface area contributed by atoms with Gasteiger partial charge in [-0.2, -0.15) is 5.10 Å². The fourth-order valence-corrected chi connectivity index (χ4v) is 3.99. The fraction of sp³-hybridized carbons (Fsp3) is 0.444. The summed E-state index contributed by atoms with van der Waals surface area (Å²) in [5, 5.41) is 8.74. The van der Waals surface area contributed by atoms with Crippen LogP contribution in [0.2, 0.25) is 10.0 Å². The lowest BCUT2D eigenvalue weighted by molar-refractivity contribution is -0.136. The standard InChI is InChI=1S/C18H22Cl2N4O.ClH/c1-11(14-5-4-13(19)6-17(14)20)24(3)18(25)16-9-21-8-15(16)12-7-22-23(2)10-12;/h4-7,10-11,15-16,21H,8-9H2,1-3H3;1H/t11?,15-,16+;/m1./s1. The largest absolute Gasteiger partial charge is 0.339 e. The van der Waals surface area contributed by atoms with Crippen molar-refractivity contribution >= 4 is 41.5 Å². The molecule has 1 amide bonds. The molecule has 1 aromatic carbocycles. The van der Waals surface area contributed by atoms with Crippen LogP contribution in [0, 0.1) is 5.92 Å². The molecule has 1 aromatic heterocycles. The first kappa shape index (κ1) is 21.0. The van der Waals surface area contributed by atoms with Gasteiger partial charge >= 0.3 is 0 Å². The van der Waals surface area contributed by atoms with Crippen LogP contribution in [-0.2, 0) is 11.8 Å². The van der Waals surface area contributed by atoms with Gasteiger partial charge in [0, 0.05) is 49.3 Å². The molecule has 3 atom stereocenters. The molecule has 8 heteroatoms. The molecule has 1 saturated heterocycles. The van der Waals surface area contributed by atoms with Gasteiger partial charge in [-0.15, -0.1) is 12.4 Å². The number of nitrogens with one attached hydrogen (secondary N) is 1. The lowest BCUT2D eigenvalue weighted by Gasteiger charge is -2.30. The zero-order valence-corrected chi connectivity index (χ0v) is 17.3. The Balaban J connectivity index is 0.00000243. The first-order valence-corrected chi connectivity index (χ1v) is 9.05. The Hall–Kier alpha value is -1.27. The molecule has 0 spiro atoms. The van der Waals surface area contributed by atoms with Crippen LogP contribution >= 0.6 is 35.6 Å². The highest BCUT2D eigenvalue weighted by Crippen LogP contribution is 2.33. The predicted octanol–water partition coefficient (Wildman–Crippen LogP) is 3.67. The van der Waals surface area contributed by atoms with E-state index in [1.165, 1.54) is 0 Å². The number of hydrogen-bond donors (Lipinski definition) is 1. The molecule has 0 bridgehead atoms. The quantitative estimate of drug-likeness (QED) is 0.826. The van der Waals surface area contributed by atoms with Gasteiger partial charge in [0.2, 0.25) is 5.91 Å². The minimum atomic E-state index is -0.132. The van der Waals surface area contributed by atoms with Crippen molar-refractivity contribution < 1.29 is 4.79 Å². The van der Waals surface area contributed by atoms with E-state index in [9.17, 15) is 4.79 Å². The molecule has 2 heterocycles. The van der Waals surface area contributed by atoms with Gasteiger partial charge in [-0.25, -0.2) is 0 Å². The van der Waals surface area contributed by atoms with Crippen molar-refractivity contribution in [2.24, 2.45) is 13.0 Å². The smallest absolute Gasteiger partial charge is 0.227 e. The molecule has 1 aliphatic rings. The first-order chi connectivity index (χ1) is 11.9. The minimum Gasteiger partial charge on any atom is -0.339 e. The topological polar surface area (TPSA) is 50.2 Å². The molecule has 0 saturated carbocycles. The number of hydrogen-bond acceptors (Lipinski definition) is 3. The maximum atomic E-state index is 13.1. The van der Waals surface area contributed by atoms with Gasteiger partial charge in [0.25, 0.3) is 0 Å². The lowest BCUT2D eigenvalue weighted by Crippen LogP contribution is -2.37. The highest BCUT2D eigenvalue weighted by Gasteiger charge is 2.37. The van der Waals surface area contributed by atoms with Gasteiger partial charge < -0.3 is 10.2 Å². The molecule has 3 rings (SSSR count). The summed E-state index contributed by atoms with van der Waals surface area (Å²) in [4.78, 5) is 14.9. The number of amides is 1. The molecule has 1 fully saturated rings. The van der Waals surface area contributed by atoms with Gasteiger partial charge in [0.15, 0.2) is 0 Å². The zero-order valence-electron chi connectivity index (χ0n) is 14.9. The van der Waals surface area contributed by atoms with Crippen LogP contribution in [0.5, 0.6) is 0 Å². The van der Waals surface area contributed by atoms with E-state index in [1.807, 2.05) is 39.5 Å². The summed E-state index contributed by atoms with van der Waals surface area (Å²) < 4.78 is 1.77. The number of nitrogens with zero attached hydrogens (tertiary/aromatic N) is 3. The number of carbonyl (C=O) groups is 1. The fourth-order valence-electron chi connectivity index (χ4n) is 3.42. The Kier molecular flexibility index (Phi) is 6.97. The van der Waals surface area contributed by atoms with Crippen LogP contribution in [0.15, 0.2) is 30.6 Å². The lowest BCUT2D eigenvalue weighted by atomic mass is 9.89. The maximum absolute atomic E-state index is 13.1. The van der Waals surface area contributed by atoms with E-state index in [2.05, 4.69) is 10.4 Å². The third kappa shape index (κ3) is 4.17. The Morgan fingerprint density at radius 1 is 1.38 bits per heavy atom. The van der Waals surface area contributed by atoms with Crippen LogP contribution in [-0.4, -0.2) is 40.7 Å². The second-order valence-corrected chi connectivity index (χ2v) is 7.45. The molecular formula is C18H23Cl3N4O. The number of aromatic nitrogens is 2. The molecule has 5 nitrogen and oxygen atoms in total. The molecular weight excluding hydrogens is 395 g/mol. The average Bonchev–Trinajstić information content (AvgIpc) is 3.21. The third-order valence-corrected chi connectivity index (χ3v) is 5.59. The Bertz CT molecular complexity index is 780. The van der Waals surface area contributed by atoms with E-state index in [0.717, 1.165) is 17.7 Å². The minimum absolute atomic E-state index is 0. The predicted molar refractivity (Wildman–Crippen MR) is 107 cm³/mol. The van der Waals surface area contributed by atoms with Crippen LogP contribution in [0.3, 0.4) is 0 Å². The van der Waals surface area contributed by atoms with Crippen molar-refractivity contribution in [3.8, 4) is 0 Å². The molecule has 26 heavy (non-hydrogen) atoms. The van der Waals surface area contributed by atoms with Crippen LogP contribution < -0.4 is 5.32 Å². The highest BCUT2D eigenvalue weighted by molar-refractivity contribution is 6.35. The normalized spacial score (nSPS) is 20.5. The van der Waals surface area contributed by atoms with E-state index in [-0.39, 0.29) is 36.2 Å². The van der Waals surface area contributed by atoms with Gasteiger partial charge in [0.05, 0.1) is 18.2 Å². The van der Waals surface area contributed by atoms with E-state index in [1.54, 1.807) is 21.7 Å². The van der Waals surface area contributed by atoms with Crippen LogP contribution in [0.1, 0.15) is 30.0 Å². The Morgan fingerprint density at radius 2 is 2.12 bits per heavy atom. The second kappa shape index (κ2) is 8.61. The molecule has 142 valence electrons. The molecule has 0 radical (unpaired) electrons. The van der Waals surface area contributed by atoms with Crippen molar-refractivity contribution in [1.82, 2.24) is 20.0 Å². The van der Waals surface area contributed by atoms with Crippen molar-refractivity contribution in [3.63, 3.8) is 0 Å². The summed E-state index contributed by atoms with van der Waals surface area (Å²) in [6.07, 6.45) is 3.83. The van der Waals surface area contributed by atoms with E-state index in [4.69, 9.17) is 23.2 Å². The summed E-state index contributed by atoms with van der Waals surface area (Å²) in [6.45, 7) is 3.43. The number of benzene rings is 1. The summed E-state index contributed by atoms with van der Waals surface area (Å²) >= 11 is 12.3. The second-order valence-electron chi connectivity index (χ2n) is 6.61. The summed E-state index contributed by atoms with van der Waals surface area (Å²) in [5.41, 5.74) is 1.99. The van der Waals surface area contributed by atoms with Gasteiger partial charge in [-0.3, -0.25) is 9.48 Å². The van der Waals surface area contributed by atoms with Crippen molar-refractivity contribution in [2.45, 2.75) is 18.9 Å². The summed E-state index contributed by atoms with van der Waals surface area (Å²) in [6, 6.07) is 5.26. The van der Waals surface area contributed by atoms with E-state index < -0.39 is 0 Å². The SMILES string of the molecule is CC(c1ccc(Cl)cc1Cl)N(C)C(=O)[C@H]1CNC[C@@H]1c1cnn(C)c1.Cl. The van der Waals surface area contributed by atoms with Crippen molar-refractivity contribution in [3.05, 3.63) is 51.8 Å². The number of carbonyl (C=O) groups excluding carboxylic acids is 1. The van der Waals surface area contributed by atoms with Gasteiger partial charge in [-0.05, 0) is 30.2 Å². The average molecular weight is 418 g/mol. The monoisotopic (exact) mass is 416 g/mol. The Labute approximate surface area is 170 Å². The number of aryl methyl sites for hydroxylation is 1. The number of rotatable bonds is 4. The van der Waals surface area contributed by atoms with Crippen LogP contribution in [0.4, 0.5) is 0 Å². The molecule has 0 aliphatic carbocycles.